The van der Waals surface area contributed by atoms with Crippen LogP contribution in [0.3, 0.4) is 0 Å². The average molecular weight is 580 g/mol. The number of nitrogens with zero attached hydrogens (tertiary/aromatic N) is 3. The van der Waals surface area contributed by atoms with Crippen LogP contribution in [0.4, 0.5) is 11.4 Å². The molecule has 0 amide bonds. The topological polar surface area (TPSA) is 79.3 Å². The zero-order chi connectivity index (χ0) is 28.1. The van der Waals surface area contributed by atoms with Crippen molar-refractivity contribution in [3.8, 4) is 5.69 Å². The molecule has 0 aliphatic carbocycles. The smallest absolute Gasteiger partial charge is 0.229 e. The maximum Gasteiger partial charge on any atom is 0.229 e. The van der Waals surface area contributed by atoms with E-state index in [2.05, 4.69) is 50.5 Å². The monoisotopic (exact) mass is 579 g/mol. The number of benzene rings is 2. The van der Waals surface area contributed by atoms with E-state index in [0.717, 1.165) is 56.4 Å². The van der Waals surface area contributed by atoms with E-state index in [-0.39, 0.29) is 12.1 Å². The van der Waals surface area contributed by atoms with Gasteiger partial charge in [0.25, 0.3) is 0 Å². The quantitative estimate of drug-likeness (QED) is 0.261. The Kier molecular flexibility index (Phi) is 7.17. The number of sulfonamides is 1. The first-order valence-electron chi connectivity index (χ1n) is 12.5. The second-order valence-corrected chi connectivity index (χ2v) is 12.5. The molecule has 1 aliphatic rings. The molecular formula is C29H30ClN5O2S2. The highest BCUT2D eigenvalue weighted by molar-refractivity contribution is 7.92. The van der Waals surface area contributed by atoms with E-state index in [0.29, 0.717) is 10.8 Å². The van der Waals surface area contributed by atoms with Crippen LogP contribution in [0.2, 0.25) is 5.02 Å². The van der Waals surface area contributed by atoms with Crippen molar-refractivity contribution >= 4 is 50.3 Å². The summed E-state index contributed by atoms with van der Waals surface area (Å²) < 4.78 is 28.5. The van der Waals surface area contributed by atoms with Crippen LogP contribution < -0.4 is 14.9 Å². The van der Waals surface area contributed by atoms with Gasteiger partial charge in [-0.25, -0.2) is 8.42 Å². The number of nitrogens with one attached hydrogen (secondary N) is 2. The second kappa shape index (κ2) is 10.3. The van der Waals surface area contributed by atoms with Gasteiger partial charge in [-0.3, -0.25) is 9.71 Å². The number of thiocarbonyl (C=S) groups is 1. The van der Waals surface area contributed by atoms with Gasteiger partial charge in [0.15, 0.2) is 5.11 Å². The van der Waals surface area contributed by atoms with Crippen molar-refractivity contribution in [2.75, 3.05) is 15.9 Å². The highest BCUT2D eigenvalue weighted by Crippen LogP contribution is 2.44. The number of hydrogen-bond acceptors (Lipinski definition) is 4. The zero-order valence-corrected chi connectivity index (χ0v) is 24.7. The third-order valence-electron chi connectivity index (χ3n) is 7.15. The van der Waals surface area contributed by atoms with Crippen molar-refractivity contribution in [2.24, 2.45) is 0 Å². The second-order valence-electron chi connectivity index (χ2n) is 9.92. The lowest BCUT2D eigenvalue weighted by atomic mass is 9.96. The van der Waals surface area contributed by atoms with Crippen molar-refractivity contribution in [3.63, 3.8) is 0 Å². The molecular weight excluding hydrogens is 550 g/mol. The maximum atomic E-state index is 11.8. The van der Waals surface area contributed by atoms with E-state index >= 15 is 0 Å². The minimum absolute atomic E-state index is 0.206. The third-order valence-corrected chi connectivity index (χ3v) is 8.47. The molecule has 0 saturated carbocycles. The lowest BCUT2D eigenvalue weighted by Crippen LogP contribution is -2.29. The number of hydrogen-bond donors (Lipinski definition) is 2. The lowest BCUT2D eigenvalue weighted by molar-refractivity contribution is 0.565. The molecule has 0 unspecified atom stereocenters. The lowest BCUT2D eigenvalue weighted by Gasteiger charge is -2.29. The standard InChI is InChI=1S/C29H30ClN5O2S2/c1-17-15-21(12-13-24(17)33-39(5,36)37)35-28(27(32-29(35)38)25-10-6-7-14-31-25)22-16-18(2)34(20(22)4)26-11-8-9-23(30)19(26)3/h6-16,27-28,33H,1-5H3,(H,32,38)/t27-,28-/m0/s1. The Labute approximate surface area is 239 Å². The Bertz CT molecular complexity index is 1690. The fraction of sp³-hybridized carbons (Fsp3) is 0.241. The minimum Gasteiger partial charge on any atom is -0.351 e. The Hall–Kier alpha value is -3.40. The van der Waals surface area contributed by atoms with Crippen LogP contribution >= 0.6 is 23.8 Å². The van der Waals surface area contributed by atoms with E-state index in [4.69, 9.17) is 23.8 Å². The summed E-state index contributed by atoms with van der Waals surface area (Å²) in [4.78, 5) is 6.76. The molecule has 202 valence electrons. The maximum absolute atomic E-state index is 11.8. The number of halogens is 1. The van der Waals surface area contributed by atoms with Gasteiger partial charge in [0.1, 0.15) is 0 Å². The summed E-state index contributed by atoms with van der Waals surface area (Å²) >= 11 is 12.4. The molecule has 0 bridgehead atoms. The Morgan fingerprint density at radius 3 is 2.46 bits per heavy atom. The van der Waals surface area contributed by atoms with E-state index in [1.807, 2.05) is 56.3 Å². The minimum atomic E-state index is -3.40. The summed E-state index contributed by atoms with van der Waals surface area (Å²) in [5.74, 6) is 0. The molecule has 10 heteroatoms. The summed E-state index contributed by atoms with van der Waals surface area (Å²) in [6.07, 6.45) is 2.93. The molecule has 4 aromatic rings. The number of rotatable bonds is 6. The Morgan fingerprint density at radius 1 is 1.03 bits per heavy atom. The number of anilines is 2. The van der Waals surface area contributed by atoms with Gasteiger partial charge in [0.05, 0.1) is 29.7 Å². The zero-order valence-electron chi connectivity index (χ0n) is 22.4. The molecule has 1 saturated heterocycles. The highest BCUT2D eigenvalue weighted by atomic mass is 35.5. The van der Waals surface area contributed by atoms with Crippen molar-refractivity contribution in [3.05, 3.63) is 106 Å². The van der Waals surface area contributed by atoms with Crippen LogP contribution in [0, 0.1) is 27.7 Å². The normalized spacial score (nSPS) is 17.4. The van der Waals surface area contributed by atoms with Gasteiger partial charge in [-0.15, -0.1) is 0 Å². The van der Waals surface area contributed by atoms with Gasteiger partial charge in [0, 0.05) is 34.0 Å². The van der Waals surface area contributed by atoms with Crippen LogP contribution in [0.5, 0.6) is 0 Å². The summed E-state index contributed by atoms with van der Waals surface area (Å²) in [6, 6.07) is 19.2. The molecule has 39 heavy (non-hydrogen) atoms. The fourth-order valence-electron chi connectivity index (χ4n) is 5.36. The van der Waals surface area contributed by atoms with Crippen molar-refractivity contribution in [2.45, 2.75) is 39.8 Å². The summed E-state index contributed by atoms with van der Waals surface area (Å²) in [7, 11) is -3.40. The van der Waals surface area contributed by atoms with E-state index < -0.39 is 10.0 Å². The first-order valence-corrected chi connectivity index (χ1v) is 15.2. The summed E-state index contributed by atoms with van der Waals surface area (Å²) in [6.45, 7) is 8.11. The van der Waals surface area contributed by atoms with Crippen molar-refractivity contribution < 1.29 is 8.42 Å². The molecule has 0 radical (unpaired) electrons. The fourth-order valence-corrected chi connectivity index (χ4v) is 6.50. The molecule has 5 rings (SSSR count). The van der Waals surface area contributed by atoms with Gasteiger partial charge in [-0.05, 0) is 105 Å². The van der Waals surface area contributed by atoms with Crippen LogP contribution in [-0.4, -0.2) is 29.3 Å². The molecule has 0 spiro atoms. The van der Waals surface area contributed by atoms with Crippen LogP contribution in [0.1, 0.15) is 45.9 Å². The predicted molar refractivity (Wildman–Crippen MR) is 163 cm³/mol. The van der Waals surface area contributed by atoms with Gasteiger partial charge in [0.2, 0.25) is 10.0 Å². The molecule has 1 aliphatic heterocycles. The third kappa shape index (κ3) is 5.14. The molecule has 2 atom stereocenters. The van der Waals surface area contributed by atoms with Gasteiger partial charge in [-0.2, -0.15) is 0 Å². The van der Waals surface area contributed by atoms with Crippen molar-refractivity contribution in [1.82, 2.24) is 14.9 Å². The Morgan fingerprint density at radius 2 is 1.79 bits per heavy atom. The molecule has 1 fully saturated rings. The molecule has 3 heterocycles. The van der Waals surface area contributed by atoms with Gasteiger partial charge >= 0.3 is 0 Å². The largest absolute Gasteiger partial charge is 0.351 e. The number of pyridine rings is 1. The van der Waals surface area contributed by atoms with E-state index in [9.17, 15) is 8.42 Å². The van der Waals surface area contributed by atoms with Gasteiger partial charge in [-0.1, -0.05) is 23.7 Å². The van der Waals surface area contributed by atoms with Crippen LogP contribution in [-0.2, 0) is 10.0 Å². The predicted octanol–water partition coefficient (Wildman–Crippen LogP) is 6.31. The van der Waals surface area contributed by atoms with E-state index in [1.165, 1.54) is 0 Å². The molecule has 7 nitrogen and oxygen atoms in total. The van der Waals surface area contributed by atoms with Crippen LogP contribution in [0.15, 0.2) is 66.9 Å². The first-order chi connectivity index (χ1) is 18.5. The molecule has 2 N–H and O–H groups in total. The number of aryl methyl sites for hydroxylation is 2. The Balaban J connectivity index is 1.67. The molecule has 2 aromatic heterocycles. The number of aromatic nitrogens is 2. The summed E-state index contributed by atoms with van der Waals surface area (Å²) in [5, 5.41) is 4.80. The van der Waals surface area contributed by atoms with Crippen molar-refractivity contribution in [1.29, 1.82) is 0 Å². The first kappa shape index (κ1) is 27.2. The van der Waals surface area contributed by atoms with E-state index in [1.54, 1.807) is 12.3 Å². The SMILES string of the molecule is Cc1cc(N2C(=S)N[C@@H](c3ccccn3)[C@@H]2c2cc(C)n(-c3cccc(Cl)c3C)c2C)ccc1NS(C)(=O)=O. The van der Waals surface area contributed by atoms with Gasteiger partial charge < -0.3 is 14.8 Å². The molecule has 2 aromatic carbocycles. The summed E-state index contributed by atoms with van der Waals surface area (Å²) in [5.41, 5.74) is 8.36. The van der Waals surface area contributed by atoms with Crippen LogP contribution in [0.25, 0.3) is 5.69 Å². The average Bonchev–Trinajstić information content (AvgIpc) is 3.37. The highest BCUT2D eigenvalue weighted by Gasteiger charge is 2.42.